The number of hydrogen-bond acceptors (Lipinski definition) is 3. The van der Waals surface area contributed by atoms with Crippen LogP contribution in [0.25, 0.3) is 20.2 Å². The number of hydrogen-bond donors (Lipinski definition) is 0. The Bertz CT molecular complexity index is 1150. The molecule has 0 saturated heterocycles. The molecule has 2 nitrogen and oxygen atoms in total. The maximum absolute atomic E-state index is 6.03. The summed E-state index contributed by atoms with van der Waals surface area (Å²) in [6, 6.07) is 33.1. The van der Waals surface area contributed by atoms with Gasteiger partial charge in [-0.25, -0.2) is 0 Å². The lowest BCUT2D eigenvalue weighted by molar-refractivity contribution is 0.306. The average Bonchev–Trinajstić information content (AvgIpc) is 3.15. The molecule has 1 aromatic heterocycles. The lowest BCUT2D eigenvalue weighted by atomic mass is 10.1. The van der Waals surface area contributed by atoms with Crippen LogP contribution in [-0.2, 0) is 13.2 Å². The molecule has 0 N–H and O–H groups in total. The molecule has 0 atom stereocenters. The van der Waals surface area contributed by atoms with Crippen LogP contribution in [0.3, 0.4) is 0 Å². The van der Waals surface area contributed by atoms with Crippen molar-refractivity contribution >= 4 is 31.5 Å². The molecule has 1 heterocycles. The first-order valence-corrected chi connectivity index (χ1v) is 10.5. The van der Waals surface area contributed by atoms with Gasteiger partial charge in [-0.15, -0.1) is 11.3 Å². The van der Waals surface area contributed by atoms with E-state index in [0.29, 0.717) is 13.2 Å². The van der Waals surface area contributed by atoms with Crippen LogP contribution in [0.15, 0.2) is 97.1 Å². The van der Waals surface area contributed by atoms with Crippen molar-refractivity contribution in [3.63, 3.8) is 0 Å². The van der Waals surface area contributed by atoms with Crippen molar-refractivity contribution < 1.29 is 9.47 Å². The lowest BCUT2D eigenvalue weighted by Gasteiger charge is -2.07. The summed E-state index contributed by atoms with van der Waals surface area (Å²) in [5.41, 5.74) is 2.33. The zero-order valence-corrected chi connectivity index (χ0v) is 16.7. The molecule has 0 saturated carbocycles. The first-order valence-electron chi connectivity index (χ1n) is 9.65. The van der Waals surface area contributed by atoms with E-state index >= 15 is 0 Å². The summed E-state index contributed by atoms with van der Waals surface area (Å²) in [5.74, 6) is 1.77. The van der Waals surface area contributed by atoms with Crippen molar-refractivity contribution in [3.8, 4) is 11.5 Å². The molecule has 5 aromatic rings. The maximum atomic E-state index is 6.03. The maximum Gasteiger partial charge on any atom is 0.120 e. The Kier molecular flexibility index (Phi) is 4.89. The highest BCUT2D eigenvalue weighted by atomic mass is 32.1. The van der Waals surface area contributed by atoms with Crippen molar-refractivity contribution in [2.24, 2.45) is 0 Å². The first kappa shape index (κ1) is 17.8. The van der Waals surface area contributed by atoms with E-state index in [0.717, 1.165) is 11.5 Å². The molecule has 0 spiro atoms. The number of thiophene rings is 1. The molecule has 0 fully saturated rings. The van der Waals surface area contributed by atoms with E-state index in [4.69, 9.17) is 9.47 Å². The van der Waals surface area contributed by atoms with E-state index in [1.54, 1.807) is 11.3 Å². The number of rotatable bonds is 6. The van der Waals surface area contributed by atoms with Crippen LogP contribution in [0.4, 0.5) is 0 Å². The zero-order chi connectivity index (χ0) is 19.5. The highest BCUT2D eigenvalue weighted by Gasteiger charge is 2.08. The van der Waals surface area contributed by atoms with Gasteiger partial charge in [-0.2, -0.15) is 0 Å². The molecule has 0 aliphatic rings. The normalized spacial score (nSPS) is 11.0. The smallest absolute Gasteiger partial charge is 0.120 e. The monoisotopic (exact) mass is 396 g/mol. The van der Waals surface area contributed by atoms with Gasteiger partial charge in [0.25, 0.3) is 0 Å². The van der Waals surface area contributed by atoms with Crippen molar-refractivity contribution in [1.29, 1.82) is 0 Å². The topological polar surface area (TPSA) is 18.5 Å². The van der Waals surface area contributed by atoms with Gasteiger partial charge in [-0.3, -0.25) is 0 Å². The fourth-order valence-electron chi connectivity index (χ4n) is 3.40. The van der Waals surface area contributed by atoms with Gasteiger partial charge in [0, 0.05) is 20.2 Å². The van der Waals surface area contributed by atoms with Gasteiger partial charge in [0.05, 0.1) is 0 Å². The second-order valence-electron chi connectivity index (χ2n) is 6.97. The summed E-state index contributed by atoms with van der Waals surface area (Å²) < 4.78 is 14.6. The predicted molar refractivity (Wildman–Crippen MR) is 121 cm³/mol. The summed E-state index contributed by atoms with van der Waals surface area (Å²) in [6.07, 6.45) is 0. The van der Waals surface area contributed by atoms with Crippen LogP contribution in [-0.4, -0.2) is 0 Å². The van der Waals surface area contributed by atoms with E-state index in [2.05, 4.69) is 48.5 Å². The van der Waals surface area contributed by atoms with E-state index in [1.165, 1.54) is 31.3 Å². The second kappa shape index (κ2) is 7.98. The Morgan fingerprint density at radius 2 is 0.966 bits per heavy atom. The summed E-state index contributed by atoms with van der Waals surface area (Å²) in [5, 5.41) is 2.42. The van der Waals surface area contributed by atoms with Crippen LogP contribution in [0.5, 0.6) is 11.5 Å². The highest BCUT2D eigenvalue weighted by Crippen LogP contribution is 2.37. The molecule has 4 aromatic carbocycles. The summed E-state index contributed by atoms with van der Waals surface area (Å²) >= 11 is 1.80. The average molecular weight is 397 g/mol. The minimum Gasteiger partial charge on any atom is -0.489 e. The van der Waals surface area contributed by atoms with Gasteiger partial charge in [0.15, 0.2) is 0 Å². The van der Waals surface area contributed by atoms with E-state index in [1.807, 2.05) is 48.5 Å². The molecular weight excluding hydrogens is 376 g/mol. The molecule has 5 rings (SSSR count). The van der Waals surface area contributed by atoms with Crippen LogP contribution in [0, 0.1) is 0 Å². The van der Waals surface area contributed by atoms with E-state index in [-0.39, 0.29) is 0 Å². The summed E-state index contributed by atoms with van der Waals surface area (Å²) in [4.78, 5) is 0. The highest BCUT2D eigenvalue weighted by molar-refractivity contribution is 7.25. The summed E-state index contributed by atoms with van der Waals surface area (Å²) in [6.45, 7) is 1.14. The largest absolute Gasteiger partial charge is 0.489 e. The molecule has 0 amide bonds. The number of benzene rings is 4. The van der Waals surface area contributed by atoms with Gasteiger partial charge in [0.1, 0.15) is 24.7 Å². The van der Waals surface area contributed by atoms with Gasteiger partial charge < -0.3 is 9.47 Å². The van der Waals surface area contributed by atoms with Crippen molar-refractivity contribution in [3.05, 3.63) is 108 Å². The van der Waals surface area contributed by atoms with Crippen LogP contribution >= 0.6 is 11.3 Å². The van der Waals surface area contributed by atoms with Gasteiger partial charge in [-0.1, -0.05) is 60.7 Å². The Morgan fingerprint density at radius 3 is 1.41 bits per heavy atom. The minimum atomic E-state index is 0.569. The van der Waals surface area contributed by atoms with Crippen LogP contribution in [0.2, 0.25) is 0 Å². The Labute approximate surface area is 174 Å². The SMILES string of the molecule is c1ccc(COc2ccc3sc4ccc(OCc5ccccc5)cc4c3c2)cc1. The number of ether oxygens (including phenoxy) is 2. The standard InChI is InChI=1S/C26H20O2S/c1-3-7-19(8-4-1)17-27-21-11-13-25-23(15-21)24-16-22(12-14-26(24)29-25)28-18-20-9-5-2-6-10-20/h1-16H,17-18H2. The molecule has 0 unspecified atom stereocenters. The summed E-state index contributed by atoms with van der Waals surface area (Å²) in [7, 11) is 0. The third kappa shape index (κ3) is 3.96. The Balaban J connectivity index is 1.40. The quantitative estimate of drug-likeness (QED) is 0.302. The molecular formula is C26H20O2S. The van der Waals surface area contributed by atoms with Crippen molar-refractivity contribution in [1.82, 2.24) is 0 Å². The predicted octanol–water partition coefficient (Wildman–Crippen LogP) is 7.21. The first-order chi connectivity index (χ1) is 14.3. The van der Waals surface area contributed by atoms with Crippen molar-refractivity contribution in [2.75, 3.05) is 0 Å². The Morgan fingerprint density at radius 1 is 0.517 bits per heavy atom. The fourth-order valence-corrected chi connectivity index (χ4v) is 4.46. The molecule has 142 valence electrons. The lowest BCUT2D eigenvalue weighted by Crippen LogP contribution is -1.95. The number of fused-ring (bicyclic) bond motifs is 3. The molecule has 0 aliphatic carbocycles. The van der Waals surface area contributed by atoms with Crippen LogP contribution in [0.1, 0.15) is 11.1 Å². The molecule has 0 bridgehead atoms. The van der Waals surface area contributed by atoms with Gasteiger partial charge >= 0.3 is 0 Å². The second-order valence-corrected chi connectivity index (χ2v) is 8.05. The van der Waals surface area contributed by atoms with E-state index < -0.39 is 0 Å². The van der Waals surface area contributed by atoms with Gasteiger partial charge in [-0.05, 0) is 47.5 Å². The third-order valence-corrected chi connectivity index (χ3v) is 6.06. The molecule has 0 radical (unpaired) electrons. The molecule has 0 aliphatic heterocycles. The van der Waals surface area contributed by atoms with E-state index in [9.17, 15) is 0 Å². The molecule has 3 heteroatoms. The fraction of sp³-hybridized carbons (Fsp3) is 0.0769. The minimum absolute atomic E-state index is 0.569. The Hall–Kier alpha value is -3.30. The zero-order valence-electron chi connectivity index (χ0n) is 15.9. The van der Waals surface area contributed by atoms with Crippen LogP contribution < -0.4 is 9.47 Å². The third-order valence-electron chi connectivity index (χ3n) is 4.91. The van der Waals surface area contributed by atoms with Crippen molar-refractivity contribution in [2.45, 2.75) is 13.2 Å². The molecule has 29 heavy (non-hydrogen) atoms. The van der Waals surface area contributed by atoms with Gasteiger partial charge in [0.2, 0.25) is 0 Å².